The Kier molecular flexibility index (Phi) is 3.28. The van der Waals surface area contributed by atoms with Gasteiger partial charge in [-0.05, 0) is 17.7 Å². The monoisotopic (exact) mass is 243 g/mol. The van der Waals surface area contributed by atoms with Gasteiger partial charge in [-0.15, -0.1) is 0 Å². The summed E-state index contributed by atoms with van der Waals surface area (Å²) in [4.78, 5) is 26.3. The third-order valence-corrected chi connectivity index (χ3v) is 2.91. The highest BCUT2D eigenvalue weighted by atomic mass is 16.2. The van der Waals surface area contributed by atoms with Crippen molar-refractivity contribution in [3.8, 4) is 6.07 Å². The summed E-state index contributed by atoms with van der Waals surface area (Å²) in [6.07, 6.45) is 0. The summed E-state index contributed by atoms with van der Waals surface area (Å²) in [6.45, 7) is 0.594. The maximum Gasteiger partial charge on any atom is 0.242 e. The molecule has 0 saturated carbocycles. The first kappa shape index (κ1) is 12.1. The molecule has 2 rings (SSSR count). The minimum absolute atomic E-state index is 0.0639. The van der Waals surface area contributed by atoms with Gasteiger partial charge in [-0.1, -0.05) is 12.1 Å². The van der Waals surface area contributed by atoms with E-state index in [1.165, 1.54) is 9.80 Å². The Bertz CT molecular complexity index is 533. The first-order chi connectivity index (χ1) is 8.60. The quantitative estimate of drug-likeness (QED) is 0.753. The fourth-order valence-corrected chi connectivity index (χ4v) is 1.87. The van der Waals surface area contributed by atoms with Crippen LogP contribution in [0.5, 0.6) is 0 Å². The van der Waals surface area contributed by atoms with E-state index in [0.29, 0.717) is 12.1 Å². The normalized spacial score (nSPS) is 15.8. The lowest BCUT2D eigenvalue weighted by Gasteiger charge is -2.31. The molecule has 1 aliphatic heterocycles. The maximum absolute atomic E-state index is 11.8. The van der Waals surface area contributed by atoms with Crippen LogP contribution in [0.4, 0.5) is 0 Å². The van der Waals surface area contributed by atoms with Crippen LogP contribution >= 0.6 is 0 Å². The highest BCUT2D eigenvalue weighted by Crippen LogP contribution is 2.11. The molecule has 1 aromatic carbocycles. The van der Waals surface area contributed by atoms with Gasteiger partial charge in [-0.3, -0.25) is 9.59 Å². The van der Waals surface area contributed by atoms with Crippen LogP contribution < -0.4 is 0 Å². The smallest absolute Gasteiger partial charge is 0.242 e. The molecule has 0 bridgehead atoms. The summed E-state index contributed by atoms with van der Waals surface area (Å²) >= 11 is 0. The number of hydrogen-bond donors (Lipinski definition) is 0. The molecule has 1 aliphatic rings. The third-order valence-electron chi connectivity index (χ3n) is 2.91. The van der Waals surface area contributed by atoms with Gasteiger partial charge in [0.05, 0.1) is 18.2 Å². The second-order valence-corrected chi connectivity index (χ2v) is 4.31. The summed E-state index contributed by atoms with van der Waals surface area (Å²) in [5, 5.41) is 8.81. The minimum Gasteiger partial charge on any atom is -0.335 e. The Morgan fingerprint density at radius 2 is 2.06 bits per heavy atom. The number of hydrogen-bond acceptors (Lipinski definition) is 3. The van der Waals surface area contributed by atoms with Crippen LogP contribution in [-0.2, 0) is 16.1 Å². The lowest BCUT2D eigenvalue weighted by atomic mass is 10.1. The number of piperazine rings is 1. The van der Waals surface area contributed by atoms with Crippen LogP contribution in [0, 0.1) is 11.3 Å². The van der Waals surface area contributed by atoms with E-state index < -0.39 is 0 Å². The van der Waals surface area contributed by atoms with E-state index in [2.05, 4.69) is 6.07 Å². The second-order valence-electron chi connectivity index (χ2n) is 4.31. The van der Waals surface area contributed by atoms with Crippen molar-refractivity contribution >= 4 is 11.8 Å². The van der Waals surface area contributed by atoms with E-state index >= 15 is 0 Å². The Labute approximate surface area is 105 Å². The van der Waals surface area contributed by atoms with Crippen molar-refractivity contribution in [3.05, 3.63) is 35.4 Å². The topological polar surface area (TPSA) is 64.4 Å². The molecule has 1 heterocycles. The summed E-state index contributed by atoms with van der Waals surface area (Å²) in [7, 11) is 1.62. The van der Waals surface area contributed by atoms with Gasteiger partial charge in [-0.2, -0.15) is 5.26 Å². The molecule has 1 fully saturated rings. The van der Waals surface area contributed by atoms with Gasteiger partial charge >= 0.3 is 0 Å². The van der Waals surface area contributed by atoms with Crippen LogP contribution in [0.1, 0.15) is 11.1 Å². The number of nitrogens with zero attached hydrogens (tertiary/aromatic N) is 3. The number of nitriles is 1. The Morgan fingerprint density at radius 3 is 2.78 bits per heavy atom. The van der Waals surface area contributed by atoms with Gasteiger partial charge in [0, 0.05) is 13.6 Å². The first-order valence-electron chi connectivity index (χ1n) is 5.61. The number of amides is 2. The molecule has 92 valence electrons. The molecule has 0 aliphatic carbocycles. The summed E-state index contributed by atoms with van der Waals surface area (Å²) in [5.74, 6) is -0.134. The first-order valence-corrected chi connectivity index (χ1v) is 5.61. The minimum atomic E-state index is -0.0699. The van der Waals surface area contributed by atoms with Crippen molar-refractivity contribution in [2.75, 3.05) is 20.1 Å². The van der Waals surface area contributed by atoms with E-state index in [4.69, 9.17) is 5.26 Å². The molecule has 0 N–H and O–H groups in total. The van der Waals surface area contributed by atoms with Gasteiger partial charge in [0.1, 0.15) is 6.54 Å². The average molecular weight is 243 g/mol. The van der Waals surface area contributed by atoms with Crippen LogP contribution in [-0.4, -0.2) is 41.8 Å². The van der Waals surface area contributed by atoms with Crippen LogP contribution in [0.3, 0.4) is 0 Å². The number of carbonyl (C=O) groups is 2. The molecule has 1 aromatic rings. The average Bonchev–Trinajstić information content (AvgIpc) is 2.36. The molecule has 5 nitrogen and oxygen atoms in total. The molecule has 18 heavy (non-hydrogen) atoms. The second kappa shape index (κ2) is 4.88. The fourth-order valence-electron chi connectivity index (χ4n) is 1.87. The molecule has 1 saturated heterocycles. The molecule has 0 aromatic heterocycles. The number of carbonyl (C=O) groups excluding carboxylic acids is 2. The number of likely N-dealkylation sites (N-methyl/N-ethyl adjacent to an activating group) is 1. The van der Waals surface area contributed by atoms with Gasteiger partial charge in [0.25, 0.3) is 0 Å². The van der Waals surface area contributed by atoms with E-state index in [1.54, 1.807) is 25.2 Å². The van der Waals surface area contributed by atoms with E-state index in [1.807, 2.05) is 6.07 Å². The van der Waals surface area contributed by atoms with Gasteiger partial charge < -0.3 is 9.80 Å². The molecule has 0 spiro atoms. The molecule has 0 radical (unpaired) electrons. The van der Waals surface area contributed by atoms with Crippen molar-refractivity contribution in [2.24, 2.45) is 0 Å². The standard InChI is InChI=1S/C13H13N3O2/c1-15-8-13(18)16(9-12(15)17)7-11-4-2-3-10(5-11)6-14/h2-5H,7-9H2,1H3. The Balaban J connectivity index is 2.11. The fraction of sp³-hybridized carbons (Fsp3) is 0.308. The summed E-state index contributed by atoms with van der Waals surface area (Å²) in [6, 6.07) is 9.11. The third kappa shape index (κ3) is 2.48. The highest BCUT2D eigenvalue weighted by Gasteiger charge is 2.27. The summed E-state index contributed by atoms with van der Waals surface area (Å²) < 4.78 is 0. The molecular formula is C13H13N3O2. The summed E-state index contributed by atoms with van der Waals surface area (Å²) in [5.41, 5.74) is 1.42. The van der Waals surface area contributed by atoms with E-state index in [-0.39, 0.29) is 24.9 Å². The zero-order valence-corrected chi connectivity index (χ0v) is 10.1. The van der Waals surface area contributed by atoms with Crippen molar-refractivity contribution in [1.29, 1.82) is 5.26 Å². The highest BCUT2D eigenvalue weighted by molar-refractivity contribution is 5.92. The molecule has 0 unspecified atom stereocenters. The maximum atomic E-state index is 11.8. The van der Waals surface area contributed by atoms with Gasteiger partial charge in [-0.25, -0.2) is 0 Å². The van der Waals surface area contributed by atoms with Crippen LogP contribution in [0.2, 0.25) is 0 Å². The Hall–Kier alpha value is -2.35. The van der Waals surface area contributed by atoms with Crippen LogP contribution in [0.15, 0.2) is 24.3 Å². The van der Waals surface area contributed by atoms with E-state index in [9.17, 15) is 9.59 Å². The lowest BCUT2D eigenvalue weighted by molar-refractivity contribution is -0.149. The van der Waals surface area contributed by atoms with Crippen molar-refractivity contribution in [2.45, 2.75) is 6.54 Å². The van der Waals surface area contributed by atoms with Crippen LogP contribution in [0.25, 0.3) is 0 Å². The predicted molar refractivity (Wildman–Crippen MR) is 64.2 cm³/mol. The number of benzene rings is 1. The largest absolute Gasteiger partial charge is 0.335 e. The zero-order chi connectivity index (χ0) is 13.1. The zero-order valence-electron chi connectivity index (χ0n) is 10.1. The van der Waals surface area contributed by atoms with Crippen molar-refractivity contribution in [1.82, 2.24) is 9.80 Å². The van der Waals surface area contributed by atoms with Crippen molar-refractivity contribution in [3.63, 3.8) is 0 Å². The molecule has 0 atom stereocenters. The Morgan fingerprint density at radius 1 is 1.28 bits per heavy atom. The van der Waals surface area contributed by atoms with Crippen molar-refractivity contribution < 1.29 is 9.59 Å². The SMILES string of the molecule is CN1CC(=O)N(Cc2cccc(C#N)c2)CC1=O. The lowest BCUT2D eigenvalue weighted by Crippen LogP contribution is -2.51. The molecule has 5 heteroatoms. The molecular weight excluding hydrogens is 230 g/mol. The van der Waals surface area contributed by atoms with E-state index in [0.717, 1.165) is 5.56 Å². The predicted octanol–water partition coefficient (Wildman–Crippen LogP) is 0.359. The van der Waals surface area contributed by atoms with Gasteiger partial charge in [0.2, 0.25) is 11.8 Å². The molecule has 2 amide bonds. The van der Waals surface area contributed by atoms with Gasteiger partial charge in [0.15, 0.2) is 0 Å². The number of rotatable bonds is 2.